The molecule has 1 aromatic rings. The Hall–Kier alpha value is -2.37. The van der Waals surface area contributed by atoms with Crippen LogP contribution in [0.15, 0.2) is 24.3 Å². The maximum atomic E-state index is 12.4. The number of benzene rings is 1. The van der Waals surface area contributed by atoms with Gasteiger partial charge in [-0.25, -0.2) is 0 Å². The first-order valence-electron chi connectivity index (χ1n) is 6.45. The molecule has 2 unspecified atom stereocenters. The lowest BCUT2D eigenvalue weighted by Crippen LogP contribution is -2.60. The molecular weight excluding hydrogens is 260 g/mol. The first kappa shape index (κ1) is 12.7. The molecule has 0 bridgehead atoms. The number of carbonyl (C=O) groups is 3. The molecule has 2 atom stereocenters. The highest BCUT2D eigenvalue weighted by Gasteiger charge is 2.39. The van der Waals surface area contributed by atoms with Crippen molar-refractivity contribution in [2.24, 2.45) is 0 Å². The lowest BCUT2D eigenvalue weighted by atomic mass is 10.1. The number of imide groups is 1. The van der Waals surface area contributed by atoms with Crippen molar-refractivity contribution in [1.82, 2.24) is 10.2 Å². The summed E-state index contributed by atoms with van der Waals surface area (Å²) in [6, 6.07) is 6.77. The van der Waals surface area contributed by atoms with Gasteiger partial charge < -0.3 is 9.64 Å². The number of nitrogens with zero attached hydrogens (tertiary/aromatic N) is 1. The standard InChI is InChI=1S/C14H14N2O4/c1-8-13(18)15-12(17)7-16(8)14(19)11-6-9-4-2-3-5-10(9)20-11/h2-5,8,11H,6-7H2,1H3,(H,15,17,18). The third-order valence-corrected chi connectivity index (χ3v) is 3.63. The van der Waals surface area contributed by atoms with E-state index in [2.05, 4.69) is 5.32 Å². The summed E-state index contributed by atoms with van der Waals surface area (Å²) < 4.78 is 5.61. The van der Waals surface area contributed by atoms with Crippen molar-refractivity contribution in [1.29, 1.82) is 0 Å². The summed E-state index contributed by atoms with van der Waals surface area (Å²) >= 11 is 0. The number of rotatable bonds is 1. The van der Waals surface area contributed by atoms with Crippen molar-refractivity contribution in [2.75, 3.05) is 6.54 Å². The number of hydrogen-bond acceptors (Lipinski definition) is 4. The third-order valence-electron chi connectivity index (χ3n) is 3.63. The molecule has 2 heterocycles. The van der Waals surface area contributed by atoms with Gasteiger partial charge in [-0.2, -0.15) is 0 Å². The molecule has 1 N–H and O–H groups in total. The van der Waals surface area contributed by atoms with E-state index in [0.29, 0.717) is 12.2 Å². The van der Waals surface area contributed by atoms with Crippen molar-refractivity contribution < 1.29 is 19.1 Å². The van der Waals surface area contributed by atoms with Gasteiger partial charge in [0.25, 0.3) is 5.91 Å². The number of para-hydroxylation sites is 1. The van der Waals surface area contributed by atoms with Gasteiger partial charge in [-0.15, -0.1) is 0 Å². The molecule has 104 valence electrons. The minimum atomic E-state index is -0.660. The van der Waals surface area contributed by atoms with Gasteiger partial charge in [0.15, 0.2) is 6.10 Å². The zero-order valence-corrected chi connectivity index (χ0v) is 11.0. The average molecular weight is 274 g/mol. The van der Waals surface area contributed by atoms with Crippen molar-refractivity contribution in [2.45, 2.75) is 25.5 Å². The van der Waals surface area contributed by atoms with Crippen LogP contribution in [0.5, 0.6) is 5.75 Å². The summed E-state index contributed by atoms with van der Waals surface area (Å²) in [6.45, 7) is 1.49. The van der Waals surface area contributed by atoms with Crippen LogP contribution < -0.4 is 10.1 Å². The zero-order chi connectivity index (χ0) is 14.3. The molecule has 0 aliphatic carbocycles. The smallest absolute Gasteiger partial charge is 0.265 e. The van der Waals surface area contributed by atoms with Crippen LogP contribution in [0.3, 0.4) is 0 Å². The van der Waals surface area contributed by atoms with Crippen LogP contribution in [-0.4, -0.2) is 41.3 Å². The van der Waals surface area contributed by atoms with Crippen molar-refractivity contribution >= 4 is 17.7 Å². The van der Waals surface area contributed by atoms with E-state index in [9.17, 15) is 14.4 Å². The number of ether oxygens (including phenoxy) is 1. The molecule has 0 spiro atoms. The highest BCUT2D eigenvalue weighted by atomic mass is 16.5. The van der Waals surface area contributed by atoms with Crippen molar-refractivity contribution in [3.05, 3.63) is 29.8 Å². The number of carbonyl (C=O) groups excluding carboxylic acids is 3. The summed E-state index contributed by atoms with van der Waals surface area (Å²) in [4.78, 5) is 36.7. The lowest BCUT2D eigenvalue weighted by molar-refractivity contribution is -0.152. The van der Waals surface area contributed by atoms with Crippen LogP contribution in [0.2, 0.25) is 0 Å². The Kier molecular flexibility index (Phi) is 2.93. The van der Waals surface area contributed by atoms with Crippen LogP contribution in [0.1, 0.15) is 12.5 Å². The van der Waals surface area contributed by atoms with Crippen LogP contribution in [0.4, 0.5) is 0 Å². The van der Waals surface area contributed by atoms with Crippen LogP contribution in [0.25, 0.3) is 0 Å². The number of piperazine rings is 1. The summed E-state index contributed by atoms with van der Waals surface area (Å²) in [6.07, 6.45) is -0.192. The number of fused-ring (bicyclic) bond motifs is 1. The van der Waals surface area contributed by atoms with Crippen LogP contribution >= 0.6 is 0 Å². The molecule has 1 saturated heterocycles. The van der Waals surface area contributed by atoms with Gasteiger partial charge in [-0.1, -0.05) is 18.2 Å². The average Bonchev–Trinajstić information content (AvgIpc) is 2.86. The fourth-order valence-electron chi connectivity index (χ4n) is 2.49. The molecule has 1 aromatic carbocycles. The fourth-order valence-corrected chi connectivity index (χ4v) is 2.49. The molecule has 0 saturated carbocycles. The van der Waals surface area contributed by atoms with Gasteiger partial charge in [0, 0.05) is 6.42 Å². The second kappa shape index (κ2) is 4.63. The Morgan fingerprint density at radius 1 is 1.35 bits per heavy atom. The van der Waals surface area contributed by atoms with E-state index in [-0.39, 0.29) is 12.5 Å². The van der Waals surface area contributed by atoms with Crippen molar-refractivity contribution in [3.8, 4) is 5.75 Å². The van der Waals surface area contributed by atoms with E-state index in [1.165, 1.54) is 4.90 Å². The maximum Gasteiger partial charge on any atom is 0.265 e. The Morgan fingerprint density at radius 3 is 2.85 bits per heavy atom. The van der Waals surface area contributed by atoms with Crippen LogP contribution in [-0.2, 0) is 20.8 Å². The Bertz CT molecular complexity index is 574. The summed E-state index contributed by atoms with van der Waals surface area (Å²) in [7, 11) is 0. The molecule has 3 amide bonds. The Balaban J connectivity index is 1.77. The number of amides is 3. The zero-order valence-electron chi connectivity index (χ0n) is 11.0. The van der Waals surface area contributed by atoms with Gasteiger partial charge in [0.2, 0.25) is 11.8 Å². The SMILES string of the molecule is CC1C(=O)NC(=O)CN1C(=O)C1Cc2ccccc2O1. The van der Waals surface area contributed by atoms with Gasteiger partial charge in [0.05, 0.1) is 0 Å². The summed E-state index contributed by atoms with van der Waals surface area (Å²) in [5.74, 6) is -0.551. The first-order valence-corrected chi connectivity index (χ1v) is 6.45. The number of nitrogens with one attached hydrogen (secondary N) is 1. The third kappa shape index (κ3) is 2.03. The molecule has 1 fully saturated rings. The fraction of sp³-hybridized carbons (Fsp3) is 0.357. The summed E-state index contributed by atoms with van der Waals surface area (Å²) in [5, 5.41) is 2.21. The topological polar surface area (TPSA) is 75.7 Å². The van der Waals surface area contributed by atoms with Gasteiger partial charge >= 0.3 is 0 Å². The first-order chi connectivity index (χ1) is 9.56. The highest BCUT2D eigenvalue weighted by Crippen LogP contribution is 2.29. The van der Waals surface area contributed by atoms with Gasteiger partial charge in [-0.05, 0) is 18.6 Å². The summed E-state index contributed by atoms with van der Waals surface area (Å²) in [5.41, 5.74) is 0.964. The Labute approximate surface area is 115 Å². The molecule has 6 nitrogen and oxygen atoms in total. The normalized spacial score (nSPS) is 24.9. The maximum absolute atomic E-state index is 12.4. The molecule has 0 aromatic heterocycles. The predicted octanol–water partition coefficient (Wildman–Crippen LogP) is -0.136. The highest BCUT2D eigenvalue weighted by molar-refractivity contribution is 6.04. The largest absolute Gasteiger partial charge is 0.480 e. The van der Waals surface area contributed by atoms with E-state index in [1.54, 1.807) is 13.0 Å². The van der Waals surface area contributed by atoms with Crippen molar-refractivity contribution in [3.63, 3.8) is 0 Å². The van der Waals surface area contributed by atoms with Gasteiger partial charge in [-0.3, -0.25) is 19.7 Å². The minimum absolute atomic E-state index is 0.109. The molecule has 0 radical (unpaired) electrons. The van der Waals surface area contributed by atoms with E-state index < -0.39 is 24.0 Å². The van der Waals surface area contributed by atoms with E-state index in [1.807, 2.05) is 18.2 Å². The predicted molar refractivity (Wildman–Crippen MR) is 68.9 cm³/mol. The van der Waals surface area contributed by atoms with Crippen LogP contribution in [0, 0.1) is 0 Å². The minimum Gasteiger partial charge on any atom is -0.480 e. The lowest BCUT2D eigenvalue weighted by Gasteiger charge is -2.33. The molecule has 2 aliphatic rings. The second-order valence-corrected chi connectivity index (χ2v) is 4.97. The van der Waals surface area contributed by atoms with E-state index in [4.69, 9.17) is 4.74 Å². The molecular formula is C14H14N2O4. The molecule has 20 heavy (non-hydrogen) atoms. The van der Waals surface area contributed by atoms with E-state index in [0.717, 1.165) is 5.56 Å². The Morgan fingerprint density at radius 2 is 2.10 bits per heavy atom. The van der Waals surface area contributed by atoms with E-state index >= 15 is 0 Å². The molecule has 3 rings (SSSR count). The quantitative estimate of drug-likeness (QED) is 0.723. The van der Waals surface area contributed by atoms with Gasteiger partial charge in [0.1, 0.15) is 18.3 Å². The number of hydrogen-bond donors (Lipinski definition) is 1. The molecule has 2 aliphatic heterocycles. The monoisotopic (exact) mass is 274 g/mol. The molecule has 6 heteroatoms. The second-order valence-electron chi connectivity index (χ2n) is 4.97.